The van der Waals surface area contributed by atoms with Crippen LogP contribution in [0.15, 0.2) is 49.4 Å². The molecule has 6 nitrogen and oxygen atoms in total. The molecule has 0 saturated carbocycles. The lowest BCUT2D eigenvalue weighted by Crippen LogP contribution is -2.32. The van der Waals surface area contributed by atoms with E-state index in [0.717, 1.165) is 11.3 Å². The Morgan fingerprint density at radius 3 is 2.53 bits per heavy atom. The lowest BCUT2D eigenvalue weighted by atomic mass is 10.1. The van der Waals surface area contributed by atoms with Crippen LogP contribution in [0.3, 0.4) is 0 Å². The van der Waals surface area contributed by atoms with E-state index in [1.807, 2.05) is 24.3 Å². The van der Waals surface area contributed by atoms with Crippen molar-refractivity contribution in [1.29, 1.82) is 0 Å². The first-order valence-electron chi connectivity index (χ1n) is 5.80. The third kappa shape index (κ3) is 2.12. The average molecular weight is 259 g/mol. The molecule has 0 N–H and O–H groups in total. The van der Waals surface area contributed by atoms with Crippen LogP contribution < -0.4 is 4.74 Å². The summed E-state index contributed by atoms with van der Waals surface area (Å²) in [5, 5.41) is 4.08. The Bertz CT molecular complexity index is 555. The largest absolute Gasteiger partial charge is 0.497 e. The number of hydrogen-bond donors (Lipinski definition) is 0. The maximum Gasteiger partial charge on any atom is 0.296 e. The first-order valence-corrected chi connectivity index (χ1v) is 5.80. The van der Waals surface area contributed by atoms with Crippen LogP contribution in [0.4, 0.5) is 0 Å². The molecule has 0 unspecified atom stereocenters. The zero-order valence-electron chi connectivity index (χ0n) is 10.4. The van der Waals surface area contributed by atoms with Crippen molar-refractivity contribution in [3.63, 3.8) is 0 Å². The quantitative estimate of drug-likeness (QED) is 0.835. The first kappa shape index (κ1) is 11.6. The van der Waals surface area contributed by atoms with Gasteiger partial charge in [0.15, 0.2) is 0 Å². The van der Waals surface area contributed by atoms with Gasteiger partial charge in [0.1, 0.15) is 37.5 Å². The minimum Gasteiger partial charge on any atom is -0.497 e. The average Bonchev–Trinajstić information content (AvgIpc) is 3.12. The number of nitrogens with zero attached hydrogens (tertiary/aromatic N) is 3. The molecule has 1 aromatic heterocycles. The molecule has 0 spiro atoms. The molecule has 0 amide bonds. The Morgan fingerprint density at radius 1 is 1.21 bits per heavy atom. The monoisotopic (exact) mass is 259 g/mol. The van der Waals surface area contributed by atoms with Crippen LogP contribution in [0.5, 0.6) is 5.75 Å². The van der Waals surface area contributed by atoms with Crippen molar-refractivity contribution in [3.8, 4) is 5.75 Å². The fraction of sp³-hybridized carbons (Fsp3) is 0.231. The van der Waals surface area contributed by atoms with Crippen LogP contribution in [0.2, 0.25) is 0 Å². The van der Waals surface area contributed by atoms with Gasteiger partial charge in [-0.1, -0.05) is 0 Å². The molecule has 19 heavy (non-hydrogen) atoms. The molecule has 98 valence electrons. The maximum atomic E-state index is 5.64. The number of aromatic nitrogens is 3. The smallest absolute Gasteiger partial charge is 0.296 e. The van der Waals surface area contributed by atoms with Crippen molar-refractivity contribution in [2.45, 2.75) is 12.3 Å². The van der Waals surface area contributed by atoms with Crippen molar-refractivity contribution in [3.05, 3.63) is 55.0 Å². The third-order valence-corrected chi connectivity index (χ3v) is 2.94. The second-order valence-corrected chi connectivity index (χ2v) is 4.08. The van der Waals surface area contributed by atoms with Crippen molar-refractivity contribution in [1.82, 2.24) is 14.8 Å². The Labute approximate surface area is 110 Å². The molecule has 0 fully saturated rings. The van der Waals surface area contributed by atoms with Gasteiger partial charge in [0.2, 0.25) is 0 Å². The summed E-state index contributed by atoms with van der Waals surface area (Å²) in [7, 11) is 1.63. The molecule has 1 aliphatic heterocycles. The molecule has 2 heterocycles. The molecule has 0 radical (unpaired) electrons. The standard InChI is InChI=1S/C13H13N3O3/c1-17-12-4-2-11(3-5-12)13(18-6-7-19-13)8-16-10-14-9-15-16/h2-7,9-10H,8H2,1H3. The van der Waals surface area contributed by atoms with E-state index in [1.165, 1.54) is 18.9 Å². The van der Waals surface area contributed by atoms with Gasteiger partial charge in [-0.15, -0.1) is 0 Å². The summed E-state index contributed by atoms with van der Waals surface area (Å²) >= 11 is 0. The molecule has 1 aliphatic rings. The van der Waals surface area contributed by atoms with Gasteiger partial charge in [-0.25, -0.2) is 9.67 Å². The van der Waals surface area contributed by atoms with Crippen molar-refractivity contribution in [2.24, 2.45) is 0 Å². The topological polar surface area (TPSA) is 58.4 Å². The molecular weight excluding hydrogens is 246 g/mol. The Morgan fingerprint density at radius 2 is 1.95 bits per heavy atom. The summed E-state index contributed by atoms with van der Waals surface area (Å²) in [6.45, 7) is 0.409. The van der Waals surface area contributed by atoms with Gasteiger partial charge in [-0.05, 0) is 24.3 Å². The van der Waals surface area contributed by atoms with E-state index in [9.17, 15) is 0 Å². The predicted octanol–water partition coefficient (Wildman–Crippen LogP) is 1.66. The number of ether oxygens (including phenoxy) is 3. The highest BCUT2D eigenvalue weighted by Crippen LogP contribution is 2.34. The predicted molar refractivity (Wildman–Crippen MR) is 66.0 cm³/mol. The lowest BCUT2D eigenvalue weighted by Gasteiger charge is -2.27. The van der Waals surface area contributed by atoms with E-state index in [0.29, 0.717) is 6.54 Å². The van der Waals surface area contributed by atoms with Crippen LogP contribution in [0.25, 0.3) is 0 Å². The number of rotatable bonds is 4. The fourth-order valence-corrected chi connectivity index (χ4v) is 1.98. The van der Waals surface area contributed by atoms with Gasteiger partial charge in [-0.2, -0.15) is 5.10 Å². The number of methoxy groups -OCH3 is 1. The second kappa shape index (κ2) is 4.64. The van der Waals surface area contributed by atoms with Crippen LogP contribution in [-0.2, 0) is 21.8 Å². The van der Waals surface area contributed by atoms with Gasteiger partial charge in [0.25, 0.3) is 5.79 Å². The molecular formula is C13H13N3O3. The first-order chi connectivity index (χ1) is 9.32. The van der Waals surface area contributed by atoms with E-state index in [4.69, 9.17) is 14.2 Å². The molecule has 6 heteroatoms. The van der Waals surface area contributed by atoms with Crippen molar-refractivity contribution < 1.29 is 14.2 Å². The van der Waals surface area contributed by atoms with Crippen LogP contribution in [-0.4, -0.2) is 21.9 Å². The van der Waals surface area contributed by atoms with E-state index < -0.39 is 5.79 Å². The zero-order valence-corrected chi connectivity index (χ0v) is 10.4. The summed E-state index contributed by atoms with van der Waals surface area (Å²) in [4.78, 5) is 3.92. The molecule has 0 aliphatic carbocycles. The molecule has 0 bridgehead atoms. The number of hydrogen-bond acceptors (Lipinski definition) is 5. The van der Waals surface area contributed by atoms with Gasteiger partial charge in [0.05, 0.1) is 7.11 Å². The number of benzene rings is 1. The summed E-state index contributed by atoms with van der Waals surface area (Å²) in [6, 6.07) is 7.54. The summed E-state index contributed by atoms with van der Waals surface area (Å²) in [6.07, 6.45) is 6.16. The van der Waals surface area contributed by atoms with Gasteiger partial charge < -0.3 is 14.2 Å². The van der Waals surface area contributed by atoms with E-state index >= 15 is 0 Å². The summed E-state index contributed by atoms with van der Waals surface area (Å²) in [5.41, 5.74) is 0.883. The highest BCUT2D eigenvalue weighted by molar-refractivity contribution is 5.30. The molecule has 0 saturated heterocycles. The molecule has 2 aromatic rings. The second-order valence-electron chi connectivity index (χ2n) is 4.08. The van der Waals surface area contributed by atoms with Crippen molar-refractivity contribution >= 4 is 0 Å². The van der Waals surface area contributed by atoms with Gasteiger partial charge >= 0.3 is 0 Å². The fourth-order valence-electron chi connectivity index (χ4n) is 1.98. The van der Waals surface area contributed by atoms with Gasteiger partial charge in [0, 0.05) is 5.56 Å². The zero-order chi connectivity index (χ0) is 13.1. The Kier molecular flexibility index (Phi) is 2.83. The van der Waals surface area contributed by atoms with Crippen LogP contribution >= 0.6 is 0 Å². The molecule has 3 rings (SSSR count). The molecule has 0 atom stereocenters. The summed E-state index contributed by atoms with van der Waals surface area (Å²) in [5.74, 6) is -0.120. The van der Waals surface area contributed by atoms with E-state index in [-0.39, 0.29) is 0 Å². The van der Waals surface area contributed by atoms with E-state index in [2.05, 4.69) is 10.1 Å². The van der Waals surface area contributed by atoms with Crippen molar-refractivity contribution in [2.75, 3.05) is 7.11 Å². The maximum absolute atomic E-state index is 5.64. The molecule has 1 aromatic carbocycles. The SMILES string of the molecule is COc1ccc(C2(Cn3cncn3)OC=CO2)cc1. The third-order valence-electron chi connectivity index (χ3n) is 2.94. The van der Waals surface area contributed by atoms with E-state index in [1.54, 1.807) is 18.1 Å². The normalized spacial score (nSPS) is 15.8. The Balaban J connectivity index is 1.91. The Hall–Kier alpha value is -2.50. The lowest BCUT2D eigenvalue weighted by molar-refractivity contribution is -0.162. The highest BCUT2D eigenvalue weighted by atomic mass is 16.7. The summed E-state index contributed by atoms with van der Waals surface area (Å²) < 4.78 is 18.1. The minimum atomic E-state index is -0.903. The van der Waals surface area contributed by atoms with Crippen LogP contribution in [0.1, 0.15) is 5.56 Å². The highest BCUT2D eigenvalue weighted by Gasteiger charge is 2.39. The minimum absolute atomic E-state index is 0.409. The van der Waals surface area contributed by atoms with Crippen LogP contribution in [0, 0.1) is 0 Å². The van der Waals surface area contributed by atoms with Gasteiger partial charge in [-0.3, -0.25) is 0 Å².